The van der Waals surface area contributed by atoms with E-state index in [0.29, 0.717) is 0 Å². The minimum atomic E-state index is -0.330. The predicted octanol–water partition coefficient (Wildman–Crippen LogP) is -3.23. The van der Waals surface area contributed by atoms with Crippen molar-refractivity contribution in [2.24, 2.45) is 9.98 Å². The van der Waals surface area contributed by atoms with E-state index in [2.05, 4.69) is 9.97 Å². The van der Waals surface area contributed by atoms with Gasteiger partial charge in [0.1, 0.15) is 0 Å². The van der Waals surface area contributed by atoms with Gasteiger partial charge in [-0.1, -0.05) is 12.1 Å². The maximum absolute atomic E-state index is 12.1. The van der Waals surface area contributed by atoms with Gasteiger partial charge >= 0.3 is 0 Å². The Bertz CT molecular complexity index is 1700. The monoisotopic (exact) mass is 809 g/mol. The molecule has 0 atom stereocenters. The SMILES string of the molecule is Cc1cc(-c2cc([N+](=O)[O-])cc(-c3cc(C)c(N=Cc4ccccn4)c(C)c3)c2C)cc(C)c1N=Cc1ccccn1.[Cl-].[Cl-].[Cl-].[Cl-].[Ni].[Ni]. The predicted molar refractivity (Wildman–Crippen MR) is 171 cm³/mol. The van der Waals surface area contributed by atoms with Crippen molar-refractivity contribution < 1.29 is 87.5 Å². The van der Waals surface area contributed by atoms with Gasteiger partial charge in [0.2, 0.25) is 0 Å². The van der Waals surface area contributed by atoms with Crippen LogP contribution in [0.15, 0.2) is 95.2 Å². The van der Waals surface area contributed by atoms with Gasteiger partial charge in [0.25, 0.3) is 5.69 Å². The van der Waals surface area contributed by atoms with Gasteiger partial charge in [-0.3, -0.25) is 30.1 Å². The minimum Gasteiger partial charge on any atom is -1.00 e. The number of hydrogen-bond donors (Lipinski definition) is 0. The molecule has 0 unspecified atom stereocenters. The zero-order valence-electron chi connectivity index (χ0n) is 26.4. The third kappa shape index (κ3) is 10.9. The maximum Gasteiger partial charge on any atom is 0.270 e. The van der Waals surface area contributed by atoms with Crippen LogP contribution in [0.3, 0.4) is 0 Å². The van der Waals surface area contributed by atoms with Crippen molar-refractivity contribution in [2.75, 3.05) is 0 Å². The number of aromatic nitrogens is 2. The number of nitrogens with zero attached hydrogens (tertiary/aromatic N) is 5. The number of pyridine rings is 2. The first-order valence-electron chi connectivity index (χ1n) is 13.6. The molecule has 3 aromatic carbocycles. The number of aliphatic imine (C=N–C) groups is 2. The number of non-ortho nitro benzene ring substituents is 1. The second kappa shape index (κ2) is 21.0. The van der Waals surface area contributed by atoms with Gasteiger partial charge in [0, 0.05) is 57.5 Å². The number of nitro benzene ring substituents is 1. The quantitative estimate of drug-likeness (QED) is 0.0750. The van der Waals surface area contributed by atoms with Crippen molar-refractivity contribution in [3.63, 3.8) is 0 Å². The van der Waals surface area contributed by atoms with E-state index in [4.69, 9.17) is 9.98 Å². The summed E-state index contributed by atoms with van der Waals surface area (Å²) in [5.41, 5.74) is 11.7. The fourth-order valence-corrected chi connectivity index (χ4v) is 5.20. The molecule has 5 aromatic rings. The van der Waals surface area contributed by atoms with E-state index in [0.717, 1.165) is 72.8 Å². The summed E-state index contributed by atoms with van der Waals surface area (Å²) in [6.45, 7) is 10.0. The largest absolute Gasteiger partial charge is 1.00 e. The maximum atomic E-state index is 12.1. The Kier molecular flexibility index (Phi) is 20.6. The van der Waals surface area contributed by atoms with Crippen LogP contribution in [0.1, 0.15) is 39.2 Å². The molecule has 0 aliphatic heterocycles. The van der Waals surface area contributed by atoms with Gasteiger partial charge in [0.15, 0.2) is 0 Å². The number of nitro groups is 1. The van der Waals surface area contributed by atoms with Crippen molar-refractivity contribution in [1.82, 2.24) is 9.97 Å². The molecule has 0 aliphatic rings. The summed E-state index contributed by atoms with van der Waals surface area (Å²) in [6.07, 6.45) is 6.97. The van der Waals surface area contributed by atoms with E-state index in [1.54, 1.807) is 37.0 Å². The van der Waals surface area contributed by atoms with Crippen LogP contribution in [0.25, 0.3) is 22.3 Å². The molecule has 0 saturated heterocycles. The number of halogens is 4. The Hall–Kier alpha value is -3.15. The number of rotatable bonds is 7. The smallest absolute Gasteiger partial charge is 0.270 e. The standard InChI is InChI=1S/C35H31N5O2.4ClH.2Ni/c1-22-14-27(15-23(2)34(22)38-20-29-10-6-8-12-36-29)32-18-31(40(41)42)19-33(26(32)5)28-16-24(3)35(25(4)17-28)39-21-30-11-7-9-13-37-30;;;;;;/h6-21H,1-5H3;4*1H;;/p-4. The fraction of sp³-hybridized carbons (Fsp3) is 0.143. The zero-order valence-corrected chi connectivity index (χ0v) is 31.4. The Morgan fingerprint density at radius 1 is 0.604 bits per heavy atom. The van der Waals surface area contributed by atoms with E-state index in [-0.39, 0.29) is 93.2 Å². The van der Waals surface area contributed by atoms with Gasteiger partial charge in [0.05, 0.1) is 40.1 Å². The molecule has 7 nitrogen and oxygen atoms in total. The molecule has 260 valence electrons. The second-order valence-corrected chi connectivity index (χ2v) is 10.4. The molecule has 0 amide bonds. The zero-order chi connectivity index (χ0) is 29.8. The summed E-state index contributed by atoms with van der Waals surface area (Å²) in [5.74, 6) is 0. The van der Waals surface area contributed by atoms with Gasteiger partial charge < -0.3 is 49.6 Å². The van der Waals surface area contributed by atoms with Gasteiger partial charge in [-0.2, -0.15) is 0 Å². The Labute approximate surface area is 326 Å². The first kappa shape index (κ1) is 47.0. The molecule has 0 saturated carbocycles. The molecule has 13 heteroatoms. The molecule has 48 heavy (non-hydrogen) atoms. The summed E-state index contributed by atoms with van der Waals surface area (Å²) in [4.78, 5) is 29.7. The van der Waals surface area contributed by atoms with Crippen molar-refractivity contribution in [2.45, 2.75) is 34.6 Å². The van der Waals surface area contributed by atoms with E-state index < -0.39 is 0 Å². The van der Waals surface area contributed by atoms with Crippen LogP contribution in [-0.2, 0) is 33.0 Å². The number of benzene rings is 3. The molecule has 0 radical (unpaired) electrons. The van der Waals surface area contributed by atoms with Crippen LogP contribution >= 0.6 is 0 Å². The summed E-state index contributed by atoms with van der Waals surface area (Å²) < 4.78 is 0. The summed E-state index contributed by atoms with van der Waals surface area (Å²) in [7, 11) is 0. The second-order valence-electron chi connectivity index (χ2n) is 10.4. The van der Waals surface area contributed by atoms with Crippen LogP contribution in [0.5, 0.6) is 0 Å². The number of aryl methyl sites for hydroxylation is 4. The first-order valence-corrected chi connectivity index (χ1v) is 13.6. The van der Waals surface area contributed by atoms with Crippen molar-refractivity contribution in [3.05, 3.63) is 135 Å². The average molecular weight is 813 g/mol. The van der Waals surface area contributed by atoms with Crippen LogP contribution in [0.2, 0.25) is 0 Å². The molecule has 0 fully saturated rings. The Morgan fingerprint density at radius 3 is 1.25 bits per heavy atom. The minimum absolute atomic E-state index is 0. The van der Waals surface area contributed by atoms with Gasteiger partial charge in [-0.25, -0.2) is 0 Å². The molecule has 2 aromatic heterocycles. The molecule has 0 bridgehead atoms. The third-order valence-electron chi connectivity index (χ3n) is 7.23. The van der Waals surface area contributed by atoms with E-state index in [9.17, 15) is 10.1 Å². The first-order chi connectivity index (χ1) is 20.2. The Balaban J connectivity index is 0. The normalized spacial score (nSPS) is 10.0. The Morgan fingerprint density at radius 2 is 0.958 bits per heavy atom. The molecule has 2 heterocycles. The average Bonchev–Trinajstić information content (AvgIpc) is 2.97. The van der Waals surface area contributed by atoms with E-state index >= 15 is 0 Å². The van der Waals surface area contributed by atoms with Crippen LogP contribution in [-0.4, -0.2) is 27.3 Å². The molecule has 5 rings (SSSR count). The molecular weight excluding hydrogens is 782 g/mol. The fourth-order valence-electron chi connectivity index (χ4n) is 5.20. The van der Waals surface area contributed by atoms with Crippen LogP contribution in [0.4, 0.5) is 17.1 Å². The van der Waals surface area contributed by atoms with Crippen molar-refractivity contribution in [3.8, 4) is 22.3 Å². The van der Waals surface area contributed by atoms with Gasteiger partial charge in [-0.05, 0) is 133 Å². The molecule has 0 aliphatic carbocycles. The van der Waals surface area contributed by atoms with Crippen molar-refractivity contribution >= 4 is 29.5 Å². The van der Waals surface area contributed by atoms with Crippen LogP contribution in [0, 0.1) is 44.7 Å². The van der Waals surface area contributed by atoms with E-state index in [1.807, 2.05) is 95.3 Å². The molecule has 0 spiro atoms. The topological polar surface area (TPSA) is 93.6 Å². The van der Waals surface area contributed by atoms with Gasteiger partial charge in [-0.15, -0.1) is 0 Å². The summed E-state index contributed by atoms with van der Waals surface area (Å²) >= 11 is 0. The molecular formula is C35H31Cl4N5Ni2O2-4. The van der Waals surface area contributed by atoms with E-state index in [1.165, 1.54) is 0 Å². The number of hydrogen-bond acceptors (Lipinski definition) is 6. The summed E-state index contributed by atoms with van der Waals surface area (Å²) in [5, 5.41) is 12.1. The summed E-state index contributed by atoms with van der Waals surface area (Å²) in [6, 6.07) is 22.9. The van der Waals surface area contributed by atoms with Crippen molar-refractivity contribution in [1.29, 1.82) is 0 Å². The van der Waals surface area contributed by atoms with Crippen LogP contribution < -0.4 is 49.6 Å². The third-order valence-corrected chi connectivity index (χ3v) is 7.23. The molecule has 0 N–H and O–H groups in total.